The predicted octanol–water partition coefficient (Wildman–Crippen LogP) is 4.67. The fraction of sp³-hybridized carbons (Fsp3) is 0.500. The zero-order valence-corrected chi connectivity index (χ0v) is 10.8. The van der Waals surface area contributed by atoms with E-state index in [4.69, 9.17) is 27.9 Å². The lowest BCUT2D eigenvalue weighted by Crippen LogP contribution is -1.97. The fourth-order valence-electron chi connectivity index (χ4n) is 1.43. The van der Waals surface area contributed by atoms with Crippen LogP contribution in [-0.4, -0.2) is 7.11 Å². The summed E-state index contributed by atoms with van der Waals surface area (Å²) in [5, 5.41) is 0.637. The third kappa shape index (κ3) is 3.58. The normalized spacial score (nSPS) is 12.9. The van der Waals surface area contributed by atoms with Crippen LogP contribution < -0.4 is 4.74 Å². The van der Waals surface area contributed by atoms with Gasteiger partial charge in [-0.2, -0.15) is 0 Å². The molecule has 0 N–H and O–H groups in total. The number of methoxy groups -OCH3 is 1. The van der Waals surface area contributed by atoms with Crippen LogP contribution in [0.15, 0.2) is 18.2 Å². The Balaban J connectivity index is 2.82. The standard InChI is InChI=1S/C12H16Cl2O/c1-8(2)6-10(13)9-4-5-12(15-3)11(14)7-9/h4-5,7-8,10H,6H2,1-3H3. The van der Waals surface area contributed by atoms with Crippen LogP contribution in [0.3, 0.4) is 0 Å². The SMILES string of the molecule is COc1ccc(C(Cl)CC(C)C)cc1Cl. The molecule has 1 unspecified atom stereocenters. The molecule has 1 nitrogen and oxygen atoms in total. The van der Waals surface area contributed by atoms with Crippen molar-refractivity contribution in [3.8, 4) is 5.75 Å². The maximum Gasteiger partial charge on any atom is 0.137 e. The van der Waals surface area contributed by atoms with E-state index in [9.17, 15) is 0 Å². The molecule has 1 aromatic carbocycles. The molecule has 0 spiro atoms. The van der Waals surface area contributed by atoms with Crippen LogP contribution in [0.1, 0.15) is 31.2 Å². The van der Waals surface area contributed by atoms with Crippen molar-refractivity contribution in [1.29, 1.82) is 0 Å². The molecule has 0 aliphatic carbocycles. The van der Waals surface area contributed by atoms with Crippen molar-refractivity contribution < 1.29 is 4.74 Å². The summed E-state index contributed by atoms with van der Waals surface area (Å²) in [6.45, 7) is 4.31. The molecule has 3 heteroatoms. The van der Waals surface area contributed by atoms with Crippen LogP contribution >= 0.6 is 23.2 Å². The van der Waals surface area contributed by atoms with Crippen LogP contribution in [0.4, 0.5) is 0 Å². The number of benzene rings is 1. The molecule has 0 fully saturated rings. The van der Waals surface area contributed by atoms with Gasteiger partial charge >= 0.3 is 0 Å². The third-order valence-electron chi connectivity index (χ3n) is 2.22. The highest BCUT2D eigenvalue weighted by molar-refractivity contribution is 6.32. The van der Waals surface area contributed by atoms with Gasteiger partial charge in [0.2, 0.25) is 0 Å². The Bertz CT molecular complexity index is 323. The van der Waals surface area contributed by atoms with E-state index < -0.39 is 0 Å². The van der Waals surface area contributed by atoms with Gasteiger partial charge in [0.25, 0.3) is 0 Å². The van der Waals surface area contributed by atoms with Gasteiger partial charge in [-0.15, -0.1) is 11.6 Å². The number of hydrogen-bond acceptors (Lipinski definition) is 1. The molecule has 0 aromatic heterocycles. The summed E-state index contributed by atoms with van der Waals surface area (Å²) >= 11 is 12.3. The Morgan fingerprint density at radius 2 is 2.00 bits per heavy atom. The second-order valence-electron chi connectivity index (χ2n) is 3.99. The quantitative estimate of drug-likeness (QED) is 0.702. The minimum Gasteiger partial charge on any atom is -0.495 e. The largest absolute Gasteiger partial charge is 0.495 e. The smallest absolute Gasteiger partial charge is 0.137 e. The molecular weight excluding hydrogens is 231 g/mol. The van der Waals surface area contributed by atoms with Crippen molar-refractivity contribution in [3.05, 3.63) is 28.8 Å². The van der Waals surface area contributed by atoms with Gasteiger partial charge in [-0.25, -0.2) is 0 Å². The molecule has 0 amide bonds. The van der Waals surface area contributed by atoms with Crippen LogP contribution in [0.2, 0.25) is 5.02 Å². The molecule has 0 aliphatic heterocycles. The summed E-state index contributed by atoms with van der Waals surface area (Å²) in [7, 11) is 1.60. The predicted molar refractivity (Wildman–Crippen MR) is 66.1 cm³/mol. The van der Waals surface area contributed by atoms with E-state index in [2.05, 4.69) is 13.8 Å². The summed E-state index contributed by atoms with van der Waals surface area (Å²) < 4.78 is 5.09. The van der Waals surface area contributed by atoms with E-state index in [1.165, 1.54) is 0 Å². The topological polar surface area (TPSA) is 9.23 Å². The fourth-order valence-corrected chi connectivity index (χ4v) is 2.19. The Morgan fingerprint density at radius 1 is 1.33 bits per heavy atom. The van der Waals surface area contributed by atoms with Crippen LogP contribution in [-0.2, 0) is 0 Å². The van der Waals surface area contributed by atoms with Gasteiger partial charge in [0, 0.05) is 0 Å². The molecule has 1 rings (SSSR count). The van der Waals surface area contributed by atoms with Crippen molar-refractivity contribution in [2.24, 2.45) is 5.92 Å². The van der Waals surface area contributed by atoms with Gasteiger partial charge in [0.05, 0.1) is 17.5 Å². The van der Waals surface area contributed by atoms with Crippen molar-refractivity contribution in [1.82, 2.24) is 0 Å². The molecule has 0 heterocycles. The summed E-state index contributed by atoms with van der Waals surface area (Å²) in [6.07, 6.45) is 0.949. The Labute approximate surface area is 101 Å². The van der Waals surface area contributed by atoms with Gasteiger partial charge in [0.1, 0.15) is 5.75 Å². The first-order chi connectivity index (χ1) is 7.04. The molecular formula is C12H16Cl2O. The van der Waals surface area contributed by atoms with Gasteiger partial charge in [-0.1, -0.05) is 31.5 Å². The van der Waals surface area contributed by atoms with Crippen molar-refractivity contribution in [2.45, 2.75) is 25.6 Å². The summed E-state index contributed by atoms with van der Waals surface area (Å²) in [6, 6.07) is 5.69. The molecule has 15 heavy (non-hydrogen) atoms. The van der Waals surface area contributed by atoms with E-state index in [0.717, 1.165) is 12.0 Å². The van der Waals surface area contributed by atoms with E-state index in [1.807, 2.05) is 18.2 Å². The number of hydrogen-bond donors (Lipinski definition) is 0. The van der Waals surface area contributed by atoms with Crippen LogP contribution in [0, 0.1) is 5.92 Å². The maximum atomic E-state index is 6.27. The highest BCUT2D eigenvalue weighted by atomic mass is 35.5. The number of alkyl halides is 1. The van der Waals surface area contributed by atoms with Gasteiger partial charge < -0.3 is 4.74 Å². The van der Waals surface area contributed by atoms with E-state index in [0.29, 0.717) is 16.7 Å². The molecule has 0 aliphatic rings. The van der Waals surface area contributed by atoms with Crippen molar-refractivity contribution in [2.75, 3.05) is 7.11 Å². The molecule has 1 atom stereocenters. The summed E-state index contributed by atoms with van der Waals surface area (Å²) in [5.41, 5.74) is 1.05. The monoisotopic (exact) mass is 246 g/mol. The Morgan fingerprint density at radius 3 is 2.47 bits per heavy atom. The van der Waals surface area contributed by atoms with E-state index in [-0.39, 0.29) is 5.38 Å². The summed E-state index contributed by atoms with van der Waals surface area (Å²) in [4.78, 5) is 0. The Kier molecular flexibility index (Phi) is 4.75. The first-order valence-electron chi connectivity index (χ1n) is 5.02. The zero-order chi connectivity index (χ0) is 11.4. The lowest BCUT2D eigenvalue weighted by molar-refractivity contribution is 0.415. The highest BCUT2D eigenvalue weighted by Gasteiger charge is 2.11. The summed E-state index contributed by atoms with van der Waals surface area (Å²) in [5.74, 6) is 1.27. The van der Waals surface area contributed by atoms with Crippen LogP contribution in [0.5, 0.6) is 5.75 Å². The number of rotatable bonds is 4. The molecule has 0 radical (unpaired) electrons. The molecule has 0 saturated heterocycles. The molecule has 84 valence electrons. The van der Waals surface area contributed by atoms with Gasteiger partial charge in [0.15, 0.2) is 0 Å². The molecule has 0 bridgehead atoms. The van der Waals surface area contributed by atoms with Gasteiger partial charge in [-0.05, 0) is 30.0 Å². The average molecular weight is 247 g/mol. The zero-order valence-electron chi connectivity index (χ0n) is 9.26. The second-order valence-corrected chi connectivity index (χ2v) is 4.93. The van der Waals surface area contributed by atoms with Crippen LogP contribution in [0.25, 0.3) is 0 Å². The third-order valence-corrected chi connectivity index (χ3v) is 2.94. The van der Waals surface area contributed by atoms with Crippen molar-refractivity contribution >= 4 is 23.2 Å². The minimum atomic E-state index is 0.0217. The molecule has 0 saturated carbocycles. The van der Waals surface area contributed by atoms with E-state index >= 15 is 0 Å². The average Bonchev–Trinajstić information content (AvgIpc) is 2.16. The number of halogens is 2. The maximum absolute atomic E-state index is 6.27. The molecule has 1 aromatic rings. The second kappa shape index (κ2) is 5.62. The minimum absolute atomic E-state index is 0.0217. The Hall–Kier alpha value is -0.400. The first-order valence-corrected chi connectivity index (χ1v) is 5.83. The highest BCUT2D eigenvalue weighted by Crippen LogP contribution is 2.33. The lowest BCUT2D eigenvalue weighted by atomic mass is 10.0. The van der Waals surface area contributed by atoms with Gasteiger partial charge in [-0.3, -0.25) is 0 Å². The van der Waals surface area contributed by atoms with Crippen molar-refractivity contribution in [3.63, 3.8) is 0 Å². The van der Waals surface area contributed by atoms with E-state index in [1.54, 1.807) is 7.11 Å². The lowest BCUT2D eigenvalue weighted by Gasteiger charge is -2.13. The first kappa shape index (κ1) is 12.7. The number of ether oxygens (including phenoxy) is 1.